The lowest BCUT2D eigenvalue weighted by Crippen LogP contribution is -2.47. The Labute approximate surface area is 266 Å². The van der Waals surface area contributed by atoms with E-state index in [-0.39, 0.29) is 17.9 Å². The molecule has 7 rings (SSSR count). The number of anilines is 2. The van der Waals surface area contributed by atoms with Gasteiger partial charge < -0.3 is 11.1 Å². The van der Waals surface area contributed by atoms with E-state index in [1.807, 2.05) is 31.3 Å². The lowest BCUT2D eigenvalue weighted by Gasteiger charge is -2.32. The number of fused-ring (bicyclic) bond motifs is 1. The van der Waals surface area contributed by atoms with Gasteiger partial charge in [-0.3, -0.25) is 19.8 Å². The number of aromatic nitrogens is 3. The first-order valence-electron chi connectivity index (χ1n) is 15.7. The highest BCUT2D eigenvalue weighted by molar-refractivity contribution is 6.01. The van der Waals surface area contributed by atoms with Gasteiger partial charge in [-0.15, -0.1) is 0 Å². The van der Waals surface area contributed by atoms with Crippen LogP contribution >= 0.6 is 0 Å². The molecule has 1 unspecified atom stereocenters. The van der Waals surface area contributed by atoms with E-state index in [1.165, 1.54) is 29.6 Å². The predicted octanol–water partition coefficient (Wildman–Crippen LogP) is 5.69. The third-order valence-electron chi connectivity index (χ3n) is 9.32. The fourth-order valence-corrected chi connectivity index (χ4v) is 6.61. The fraction of sp³-hybridized carbons (Fsp3) is 0.278. The molecule has 3 aromatic carbocycles. The first-order chi connectivity index (χ1) is 22.3. The van der Waals surface area contributed by atoms with Crippen LogP contribution in [0.1, 0.15) is 48.3 Å². The Bertz CT molecular complexity index is 1910. The maximum Gasteiger partial charge on any atom is 0.249 e. The molecule has 4 heterocycles. The number of likely N-dealkylation sites (tertiary alicyclic amines) is 1. The molecule has 10 heteroatoms. The molecule has 2 aliphatic heterocycles. The lowest BCUT2D eigenvalue weighted by atomic mass is 9.89. The van der Waals surface area contributed by atoms with Crippen molar-refractivity contribution >= 4 is 28.7 Å². The zero-order valence-corrected chi connectivity index (χ0v) is 25.7. The Morgan fingerprint density at radius 1 is 0.978 bits per heavy atom. The number of carbonyl (C=O) groups is 2. The van der Waals surface area contributed by atoms with Crippen molar-refractivity contribution in [2.45, 2.75) is 51.1 Å². The van der Waals surface area contributed by atoms with E-state index in [9.17, 15) is 14.0 Å². The predicted molar refractivity (Wildman–Crippen MR) is 176 cm³/mol. The summed E-state index contributed by atoms with van der Waals surface area (Å²) in [6.45, 7) is 4.82. The molecule has 2 aromatic heterocycles. The topological polar surface area (TPSA) is 118 Å². The van der Waals surface area contributed by atoms with Crippen molar-refractivity contribution in [1.29, 1.82) is 0 Å². The second-order valence-electron chi connectivity index (χ2n) is 12.4. The highest BCUT2D eigenvalue weighted by Gasteiger charge is 2.26. The Morgan fingerprint density at radius 2 is 1.74 bits per heavy atom. The number of carbonyl (C=O) groups excluding carboxylic acids is 2. The summed E-state index contributed by atoms with van der Waals surface area (Å²) in [5, 5.41) is 10.0. The van der Waals surface area contributed by atoms with Gasteiger partial charge in [0, 0.05) is 41.7 Å². The summed E-state index contributed by atoms with van der Waals surface area (Å²) in [5.41, 5.74) is 14.9. The second-order valence-corrected chi connectivity index (χ2v) is 12.4. The standard InChI is InChI=1S/C36H36FN7O2/c1-22-30(17-28(37)18-31(22)38)35-33-16-27(20-44(33)40-21-39-35)25-4-2-23(3-5-25)19-43-14-12-26(13-15-43)24-6-8-29(9-7-24)41-32-10-11-34(45)42-36(32)46/h2-9,16-18,20-21,26,32,41H,10-15,19,38H2,1H3,(H,42,45,46). The van der Waals surface area contributed by atoms with Crippen molar-refractivity contribution < 1.29 is 14.0 Å². The molecule has 0 spiro atoms. The van der Waals surface area contributed by atoms with E-state index in [0.717, 1.165) is 60.4 Å². The van der Waals surface area contributed by atoms with Crippen molar-refractivity contribution in [1.82, 2.24) is 24.8 Å². The number of benzene rings is 3. The zero-order chi connectivity index (χ0) is 31.8. The van der Waals surface area contributed by atoms with Crippen LogP contribution in [-0.2, 0) is 16.1 Å². The van der Waals surface area contributed by atoms with Crippen LogP contribution in [0.25, 0.3) is 27.9 Å². The Morgan fingerprint density at radius 3 is 2.48 bits per heavy atom. The highest BCUT2D eigenvalue weighted by atomic mass is 19.1. The minimum absolute atomic E-state index is 0.205. The molecule has 2 aliphatic rings. The number of rotatable bonds is 7. The summed E-state index contributed by atoms with van der Waals surface area (Å²) in [5.74, 6) is -0.346. The molecule has 0 aliphatic carbocycles. The van der Waals surface area contributed by atoms with Crippen LogP contribution in [0.15, 0.2) is 79.3 Å². The number of nitrogen functional groups attached to an aromatic ring is 1. The summed E-state index contributed by atoms with van der Waals surface area (Å²) in [6, 6.07) is 21.5. The minimum Gasteiger partial charge on any atom is -0.398 e. The molecule has 4 N–H and O–H groups in total. The number of hydrogen-bond donors (Lipinski definition) is 3. The molecule has 5 aromatic rings. The summed E-state index contributed by atoms with van der Waals surface area (Å²) in [4.78, 5) is 30.5. The Hall–Kier alpha value is -5.09. The number of nitrogens with two attached hydrogens (primary N) is 1. The molecule has 234 valence electrons. The van der Waals surface area contributed by atoms with Gasteiger partial charge in [-0.05, 0) is 97.8 Å². The monoisotopic (exact) mass is 617 g/mol. The summed E-state index contributed by atoms with van der Waals surface area (Å²) in [6.07, 6.45) is 6.51. The summed E-state index contributed by atoms with van der Waals surface area (Å²) in [7, 11) is 0. The van der Waals surface area contributed by atoms with Crippen molar-refractivity contribution in [3.63, 3.8) is 0 Å². The Kier molecular flexibility index (Phi) is 7.96. The average Bonchev–Trinajstić information content (AvgIpc) is 3.50. The molecule has 0 radical (unpaired) electrons. The van der Waals surface area contributed by atoms with E-state index in [1.54, 1.807) is 4.52 Å². The zero-order valence-electron chi connectivity index (χ0n) is 25.7. The van der Waals surface area contributed by atoms with E-state index < -0.39 is 5.82 Å². The Balaban J connectivity index is 0.964. The highest BCUT2D eigenvalue weighted by Crippen LogP contribution is 2.33. The van der Waals surface area contributed by atoms with Crippen molar-refractivity contribution in [2.24, 2.45) is 0 Å². The number of imide groups is 1. The van der Waals surface area contributed by atoms with E-state index in [0.29, 0.717) is 35.7 Å². The number of amides is 2. The minimum atomic E-state index is -0.392. The van der Waals surface area contributed by atoms with Gasteiger partial charge >= 0.3 is 0 Å². The molecule has 0 bridgehead atoms. The SMILES string of the molecule is Cc1c(N)cc(F)cc1-c1ncnn2cc(-c3ccc(CN4CCC(c5ccc(NC6CCC(=O)NC6=O)cc5)CC4)cc3)cc12. The number of nitrogens with zero attached hydrogens (tertiary/aromatic N) is 4. The van der Waals surface area contributed by atoms with Gasteiger partial charge in [0.15, 0.2) is 0 Å². The van der Waals surface area contributed by atoms with Crippen molar-refractivity contribution in [3.8, 4) is 22.4 Å². The van der Waals surface area contributed by atoms with Crippen LogP contribution in [-0.4, -0.2) is 50.4 Å². The first-order valence-corrected chi connectivity index (χ1v) is 15.7. The van der Waals surface area contributed by atoms with Crippen LogP contribution in [0.4, 0.5) is 15.8 Å². The van der Waals surface area contributed by atoms with Crippen LogP contribution in [0.3, 0.4) is 0 Å². The molecule has 2 amide bonds. The van der Waals surface area contributed by atoms with Gasteiger partial charge in [0.1, 0.15) is 18.2 Å². The van der Waals surface area contributed by atoms with Gasteiger partial charge in [0.2, 0.25) is 11.8 Å². The van der Waals surface area contributed by atoms with Gasteiger partial charge in [0.25, 0.3) is 0 Å². The van der Waals surface area contributed by atoms with Crippen LogP contribution < -0.4 is 16.4 Å². The third-order valence-corrected chi connectivity index (χ3v) is 9.32. The van der Waals surface area contributed by atoms with Gasteiger partial charge in [-0.25, -0.2) is 13.9 Å². The van der Waals surface area contributed by atoms with Crippen LogP contribution in [0, 0.1) is 12.7 Å². The molecule has 0 saturated carbocycles. The van der Waals surface area contributed by atoms with E-state index in [2.05, 4.69) is 62.0 Å². The van der Waals surface area contributed by atoms with E-state index in [4.69, 9.17) is 5.73 Å². The summed E-state index contributed by atoms with van der Waals surface area (Å²) >= 11 is 0. The smallest absolute Gasteiger partial charge is 0.249 e. The maximum atomic E-state index is 14.2. The maximum absolute atomic E-state index is 14.2. The lowest BCUT2D eigenvalue weighted by molar-refractivity contribution is -0.133. The van der Waals surface area contributed by atoms with Gasteiger partial charge in [-0.1, -0.05) is 36.4 Å². The number of hydrogen-bond acceptors (Lipinski definition) is 7. The first kappa shape index (κ1) is 29.6. The van der Waals surface area contributed by atoms with E-state index >= 15 is 0 Å². The summed E-state index contributed by atoms with van der Waals surface area (Å²) < 4.78 is 16.0. The average molecular weight is 618 g/mol. The van der Waals surface area contributed by atoms with Crippen LogP contribution in [0.5, 0.6) is 0 Å². The van der Waals surface area contributed by atoms with Crippen LogP contribution in [0.2, 0.25) is 0 Å². The molecule has 46 heavy (non-hydrogen) atoms. The number of piperidine rings is 2. The fourth-order valence-electron chi connectivity index (χ4n) is 6.61. The normalized spacial score (nSPS) is 17.7. The number of nitrogens with one attached hydrogen (secondary N) is 2. The number of halogens is 1. The molecule has 2 saturated heterocycles. The van der Waals surface area contributed by atoms with Gasteiger partial charge in [-0.2, -0.15) is 5.10 Å². The van der Waals surface area contributed by atoms with Gasteiger partial charge in [0.05, 0.1) is 11.2 Å². The molecule has 9 nitrogen and oxygen atoms in total. The van der Waals surface area contributed by atoms with Crippen molar-refractivity contribution in [3.05, 3.63) is 102 Å². The molecule has 2 fully saturated rings. The quantitative estimate of drug-likeness (QED) is 0.159. The van der Waals surface area contributed by atoms with Crippen molar-refractivity contribution in [2.75, 3.05) is 24.1 Å². The molecular formula is C36H36FN7O2. The third kappa shape index (κ3) is 6.08. The molecular weight excluding hydrogens is 581 g/mol. The largest absolute Gasteiger partial charge is 0.398 e. The second kappa shape index (κ2) is 12.4. The molecule has 1 atom stereocenters.